The summed E-state index contributed by atoms with van der Waals surface area (Å²) in [6.07, 6.45) is 5.05. The van der Waals surface area contributed by atoms with E-state index in [1.807, 2.05) is 4.57 Å². The Hall–Kier alpha value is -1.03. The summed E-state index contributed by atoms with van der Waals surface area (Å²) in [4.78, 5) is 3.90. The summed E-state index contributed by atoms with van der Waals surface area (Å²) < 4.78 is 1.96. The minimum absolute atomic E-state index is 0.122. The van der Waals surface area contributed by atoms with Crippen molar-refractivity contribution in [2.24, 2.45) is 0 Å². The molecule has 60 valence electrons. The Bertz CT molecular complexity index is 252. The quantitative estimate of drug-likeness (QED) is 0.604. The maximum Gasteiger partial charge on any atom is 0.141 e. The lowest BCUT2D eigenvalue weighted by Crippen LogP contribution is -2.30. The van der Waals surface area contributed by atoms with Gasteiger partial charge in [-0.1, -0.05) is 0 Å². The van der Waals surface area contributed by atoms with Gasteiger partial charge in [0.25, 0.3) is 0 Å². The first kappa shape index (κ1) is 6.67. The molecule has 0 radical (unpaired) electrons. The minimum Gasteiger partial charge on any atom is -0.393 e. The summed E-state index contributed by atoms with van der Waals surface area (Å²) in [5, 5.41) is 9.02. The van der Waals surface area contributed by atoms with E-state index in [0.29, 0.717) is 11.9 Å². The van der Waals surface area contributed by atoms with Crippen LogP contribution < -0.4 is 5.73 Å². The van der Waals surface area contributed by atoms with Gasteiger partial charge in [-0.2, -0.15) is 0 Å². The first-order valence-electron chi connectivity index (χ1n) is 3.72. The van der Waals surface area contributed by atoms with E-state index in [-0.39, 0.29) is 6.10 Å². The summed E-state index contributed by atoms with van der Waals surface area (Å²) in [6, 6.07) is 0.412. The maximum atomic E-state index is 9.02. The maximum absolute atomic E-state index is 9.02. The van der Waals surface area contributed by atoms with E-state index in [1.54, 1.807) is 12.5 Å². The predicted octanol–water partition coefficient (Wildman–Crippen LogP) is 0.161. The molecule has 0 atom stereocenters. The van der Waals surface area contributed by atoms with Gasteiger partial charge in [0.05, 0.1) is 12.4 Å². The number of aliphatic hydroxyl groups excluding tert-OH is 1. The van der Waals surface area contributed by atoms with Crippen LogP contribution in [0.1, 0.15) is 18.9 Å². The molecule has 1 heterocycles. The van der Waals surface area contributed by atoms with E-state index in [4.69, 9.17) is 10.8 Å². The molecular formula is C7H11N3O. The first-order valence-corrected chi connectivity index (χ1v) is 3.72. The Balaban J connectivity index is 2.07. The number of nitrogens with zero attached hydrogens (tertiary/aromatic N) is 2. The molecule has 0 amide bonds. The highest BCUT2D eigenvalue weighted by Crippen LogP contribution is 2.31. The third-order valence-electron chi connectivity index (χ3n) is 2.13. The Labute approximate surface area is 64.7 Å². The number of anilines is 1. The fraction of sp³-hybridized carbons (Fsp3) is 0.571. The molecule has 1 aliphatic rings. The van der Waals surface area contributed by atoms with Crippen LogP contribution in [0.3, 0.4) is 0 Å². The highest BCUT2D eigenvalue weighted by molar-refractivity contribution is 5.23. The lowest BCUT2D eigenvalue weighted by Gasteiger charge is -2.32. The van der Waals surface area contributed by atoms with Crippen molar-refractivity contribution in [3.63, 3.8) is 0 Å². The lowest BCUT2D eigenvalue weighted by atomic mass is 9.89. The number of hydrogen-bond donors (Lipinski definition) is 2. The van der Waals surface area contributed by atoms with Crippen LogP contribution in [0, 0.1) is 0 Å². The summed E-state index contributed by atoms with van der Waals surface area (Å²) in [5.74, 6) is 0.548. The van der Waals surface area contributed by atoms with E-state index >= 15 is 0 Å². The fourth-order valence-corrected chi connectivity index (χ4v) is 1.35. The second-order valence-corrected chi connectivity index (χ2v) is 3.02. The van der Waals surface area contributed by atoms with Crippen molar-refractivity contribution in [3.8, 4) is 0 Å². The fourth-order valence-electron chi connectivity index (χ4n) is 1.35. The number of nitrogens with two attached hydrogens (primary N) is 1. The van der Waals surface area contributed by atoms with Crippen LogP contribution in [0.25, 0.3) is 0 Å². The normalized spacial score (nSPS) is 29.9. The Morgan fingerprint density at radius 1 is 1.64 bits per heavy atom. The van der Waals surface area contributed by atoms with Gasteiger partial charge in [0.2, 0.25) is 0 Å². The molecule has 2 rings (SSSR count). The molecule has 0 saturated heterocycles. The van der Waals surface area contributed by atoms with Crippen LogP contribution in [0.5, 0.6) is 0 Å². The molecule has 4 nitrogen and oxygen atoms in total. The summed E-state index contributed by atoms with van der Waals surface area (Å²) in [5.41, 5.74) is 5.44. The Kier molecular flexibility index (Phi) is 1.35. The molecule has 11 heavy (non-hydrogen) atoms. The third-order valence-corrected chi connectivity index (χ3v) is 2.13. The summed E-state index contributed by atoms with van der Waals surface area (Å²) >= 11 is 0. The smallest absolute Gasteiger partial charge is 0.141 e. The van der Waals surface area contributed by atoms with Gasteiger partial charge in [-0.15, -0.1) is 0 Å². The van der Waals surface area contributed by atoms with Crippen molar-refractivity contribution < 1.29 is 5.11 Å². The van der Waals surface area contributed by atoms with Crippen LogP contribution >= 0.6 is 0 Å². The molecule has 1 saturated carbocycles. The lowest BCUT2D eigenvalue weighted by molar-refractivity contribution is 0.0485. The Morgan fingerprint density at radius 3 is 2.82 bits per heavy atom. The highest BCUT2D eigenvalue weighted by atomic mass is 16.3. The zero-order valence-corrected chi connectivity index (χ0v) is 6.14. The van der Waals surface area contributed by atoms with Crippen LogP contribution in [-0.2, 0) is 0 Å². The van der Waals surface area contributed by atoms with Crippen LogP contribution in [-0.4, -0.2) is 20.8 Å². The van der Waals surface area contributed by atoms with E-state index in [9.17, 15) is 0 Å². The number of imidazole rings is 1. The van der Waals surface area contributed by atoms with Crippen molar-refractivity contribution >= 4 is 5.82 Å². The second-order valence-electron chi connectivity index (χ2n) is 3.02. The number of aromatic nitrogens is 2. The molecule has 3 N–H and O–H groups in total. The third kappa shape index (κ3) is 1.09. The van der Waals surface area contributed by atoms with Gasteiger partial charge in [0.15, 0.2) is 0 Å². The largest absolute Gasteiger partial charge is 0.393 e. The second kappa shape index (κ2) is 2.23. The van der Waals surface area contributed by atoms with Crippen LogP contribution in [0.15, 0.2) is 12.5 Å². The molecule has 1 fully saturated rings. The van der Waals surface area contributed by atoms with Gasteiger partial charge in [-0.25, -0.2) is 4.98 Å². The van der Waals surface area contributed by atoms with E-state index in [1.165, 1.54) is 0 Å². The van der Waals surface area contributed by atoms with Gasteiger partial charge in [-0.3, -0.25) is 0 Å². The van der Waals surface area contributed by atoms with E-state index in [2.05, 4.69) is 4.98 Å². The van der Waals surface area contributed by atoms with Crippen LogP contribution in [0.2, 0.25) is 0 Å². The van der Waals surface area contributed by atoms with E-state index < -0.39 is 0 Å². The molecule has 0 spiro atoms. The average molecular weight is 153 g/mol. The molecule has 1 aromatic rings. The molecule has 0 aliphatic heterocycles. The van der Waals surface area contributed by atoms with Crippen LogP contribution in [0.4, 0.5) is 5.82 Å². The minimum atomic E-state index is -0.122. The zero-order valence-electron chi connectivity index (χ0n) is 6.14. The molecule has 0 bridgehead atoms. The number of rotatable bonds is 1. The zero-order chi connectivity index (χ0) is 7.84. The summed E-state index contributed by atoms with van der Waals surface area (Å²) in [6.45, 7) is 0. The average Bonchev–Trinajstić information content (AvgIpc) is 2.29. The molecular weight excluding hydrogens is 142 g/mol. The van der Waals surface area contributed by atoms with Gasteiger partial charge in [0.1, 0.15) is 5.82 Å². The molecule has 1 aromatic heterocycles. The van der Waals surface area contributed by atoms with Crippen molar-refractivity contribution in [2.75, 3.05) is 5.73 Å². The van der Waals surface area contributed by atoms with Gasteiger partial charge >= 0.3 is 0 Å². The Morgan fingerprint density at radius 2 is 2.36 bits per heavy atom. The number of aliphatic hydroxyl groups is 1. The molecule has 0 aromatic carbocycles. The van der Waals surface area contributed by atoms with Gasteiger partial charge < -0.3 is 15.4 Å². The standard InChI is InChI=1S/C7H11N3O/c8-7-3-10(4-9-7)5-1-6(11)2-5/h3-6,11H,1-2,8H2/t5-,6-. The predicted molar refractivity (Wildman–Crippen MR) is 40.9 cm³/mol. The topological polar surface area (TPSA) is 64.1 Å². The van der Waals surface area contributed by atoms with Crippen molar-refractivity contribution in [2.45, 2.75) is 25.0 Å². The first-order chi connectivity index (χ1) is 5.25. The molecule has 1 aliphatic carbocycles. The van der Waals surface area contributed by atoms with Gasteiger partial charge in [-0.05, 0) is 12.8 Å². The summed E-state index contributed by atoms with van der Waals surface area (Å²) in [7, 11) is 0. The molecule has 0 unspecified atom stereocenters. The van der Waals surface area contributed by atoms with E-state index in [0.717, 1.165) is 12.8 Å². The van der Waals surface area contributed by atoms with Crippen molar-refractivity contribution in [3.05, 3.63) is 12.5 Å². The number of nitrogen functional groups attached to an aromatic ring is 1. The molecule has 4 heteroatoms. The van der Waals surface area contributed by atoms with Crippen molar-refractivity contribution in [1.29, 1.82) is 0 Å². The SMILES string of the molecule is Nc1cn([C@H]2C[C@H](O)C2)cn1. The highest BCUT2D eigenvalue weighted by Gasteiger charge is 2.28. The van der Waals surface area contributed by atoms with Crippen molar-refractivity contribution in [1.82, 2.24) is 9.55 Å². The monoisotopic (exact) mass is 153 g/mol. The number of hydrogen-bond acceptors (Lipinski definition) is 3. The van der Waals surface area contributed by atoms with Gasteiger partial charge in [0, 0.05) is 12.2 Å².